The zero-order chi connectivity index (χ0) is 16.8. The second kappa shape index (κ2) is 5.54. The van der Waals surface area contributed by atoms with Crippen molar-refractivity contribution in [3.05, 3.63) is 16.8 Å². The maximum absolute atomic E-state index is 10.4. The van der Waals surface area contributed by atoms with Gasteiger partial charge in [0.1, 0.15) is 24.6 Å². The molecule has 2 aromatic heterocycles. The summed E-state index contributed by atoms with van der Waals surface area (Å²) in [6.45, 7) is 2.39. The fraction of sp³-hybridized carbons (Fsp3) is 0.583. The molecule has 4 N–H and O–H groups in total. The van der Waals surface area contributed by atoms with Crippen molar-refractivity contribution in [1.82, 2.24) is 24.4 Å². The summed E-state index contributed by atoms with van der Waals surface area (Å²) in [6, 6.07) is 0. The summed E-state index contributed by atoms with van der Waals surface area (Å²) < 4.78 is 7.15. The number of nitrogens with two attached hydrogens (primary N) is 1. The van der Waals surface area contributed by atoms with Crippen LogP contribution in [0.15, 0.2) is 11.4 Å². The summed E-state index contributed by atoms with van der Waals surface area (Å²) in [5.41, 5.74) is 15.0. The molecule has 2 aliphatic rings. The number of imidazole rings is 1. The Hall–Kier alpha value is -2.50. The molecule has 0 spiro atoms. The molecule has 0 bridgehead atoms. The Morgan fingerprint density at radius 3 is 2.88 bits per heavy atom. The number of nitrogens with zero attached hydrogens (tertiary/aromatic N) is 8. The SMILES string of the molecule is [N-]=[N+]=Nc1nc2c(N)ncnc2n1[C@@H]1O[C@H](CN2CC2)[C@H](O)C1O. The van der Waals surface area contributed by atoms with E-state index in [1.807, 2.05) is 0 Å². The molecule has 4 heterocycles. The smallest absolute Gasteiger partial charge is 0.201 e. The highest BCUT2D eigenvalue weighted by Gasteiger charge is 2.46. The Bertz CT molecular complexity index is 829. The van der Waals surface area contributed by atoms with Crippen molar-refractivity contribution in [2.24, 2.45) is 5.11 Å². The Kier molecular flexibility index (Phi) is 3.48. The predicted molar refractivity (Wildman–Crippen MR) is 80.9 cm³/mol. The van der Waals surface area contributed by atoms with E-state index in [9.17, 15) is 10.2 Å². The molecule has 24 heavy (non-hydrogen) atoms. The predicted octanol–water partition coefficient (Wildman–Crippen LogP) is -0.715. The van der Waals surface area contributed by atoms with Crippen molar-refractivity contribution in [3.8, 4) is 0 Å². The minimum Gasteiger partial charge on any atom is -0.387 e. The molecule has 2 fully saturated rings. The number of nitrogen functional groups attached to an aromatic ring is 1. The lowest BCUT2D eigenvalue weighted by Crippen LogP contribution is -2.35. The van der Waals surface area contributed by atoms with Crippen molar-refractivity contribution in [2.75, 3.05) is 25.4 Å². The molecule has 12 nitrogen and oxygen atoms in total. The van der Waals surface area contributed by atoms with Crippen LogP contribution in [0.4, 0.5) is 11.8 Å². The first-order valence-corrected chi connectivity index (χ1v) is 7.37. The van der Waals surface area contributed by atoms with E-state index < -0.39 is 24.5 Å². The van der Waals surface area contributed by atoms with E-state index in [1.54, 1.807) is 0 Å². The molecule has 0 radical (unpaired) electrons. The van der Waals surface area contributed by atoms with Crippen molar-refractivity contribution in [1.29, 1.82) is 0 Å². The van der Waals surface area contributed by atoms with Crippen LogP contribution < -0.4 is 5.73 Å². The van der Waals surface area contributed by atoms with Crippen molar-refractivity contribution in [2.45, 2.75) is 24.5 Å². The third-order valence-corrected chi connectivity index (χ3v) is 4.19. The lowest BCUT2D eigenvalue weighted by Gasteiger charge is -2.18. The molecule has 12 heteroatoms. The summed E-state index contributed by atoms with van der Waals surface area (Å²) in [5, 5.41) is 24.2. The van der Waals surface area contributed by atoms with Gasteiger partial charge in [-0.15, -0.1) is 0 Å². The number of hydrogen-bond donors (Lipinski definition) is 3. The number of rotatable bonds is 4. The van der Waals surface area contributed by atoms with Gasteiger partial charge in [-0.3, -0.25) is 9.47 Å². The first-order valence-electron chi connectivity index (χ1n) is 7.37. The lowest BCUT2D eigenvalue weighted by atomic mass is 10.1. The van der Waals surface area contributed by atoms with Gasteiger partial charge in [-0.05, 0) is 10.6 Å². The Labute approximate surface area is 135 Å². The minimum atomic E-state index is -1.23. The number of anilines is 1. The van der Waals surface area contributed by atoms with E-state index in [1.165, 1.54) is 10.9 Å². The van der Waals surface area contributed by atoms with Gasteiger partial charge in [0.05, 0.1) is 0 Å². The largest absolute Gasteiger partial charge is 0.387 e. The fourth-order valence-corrected chi connectivity index (χ4v) is 2.86. The first kappa shape index (κ1) is 15.1. The average Bonchev–Trinajstić information content (AvgIpc) is 3.25. The molecule has 4 atom stereocenters. The summed E-state index contributed by atoms with van der Waals surface area (Å²) in [5.74, 6) is 0.0464. The van der Waals surface area contributed by atoms with Crippen molar-refractivity contribution in [3.63, 3.8) is 0 Å². The Balaban J connectivity index is 1.78. The van der Waals surface area contributed by atoms with Gasteiger partial charge < -0.3 is 20.7 Å². The van der Waals surface area contributed by atoms with Crippen LogP contribution in [0.5, 0.6) is 0 Å². The van der Waals surface area contributed by atoms with Crippen molar-refractivity contribution < 1.29 is 14.9 Å². The average molecular weight is 333 g/mol. The number of ether oxygens (including phenoxy) is 1. The monoisotopic (exact) mass is 333 g/mol. The molecule has 2 aromatic rings. The van der Waals surface area contributed by atoms with E-state index in [-0.39, 0.29) is 22.9 Å². The number of fused-ring (bicyclic) bond motifs is 1. The Morgan fingerprint density at radius 1 is 1.38 bits per heavy atom. The third-order valence-electron chi connectivity index (χ3n) is 4.19. The zero-order valence-electron chi connectivity index (χ0n) is 12.5. The number of aromatic nitrogens is 4. The van der Waals surface area contributed by atoms with Crippen LogP contribution in [0.2, 0.25) is 0 Å². The van der Waals surface area contributed by atoms with E-state index in [0.717, 1.165) is 13.1 Å². The van der Waals surface area contributed by atoms with Crippen LogP contribution in [-0.4, -0.2) is 72.6 Å². The zero-order valence-corrected chi connectivity index (χ0v) is 12.5. The maximum Gasteiger partial charge on any atom is 0.201 e. The molecule has 0 amide bonds. The second-order valence-corrected chi connectivity index (χ2v) is 5.75. The lowest BCUT2D eigenvalue weighted by molar-refractivity contribution is -0.0365. The van der Waals surface area contributed by atoms with Crippen LogP contribution in [-0.2, 0) is 4.74 Å². The van der Waals surface area contributed by atoms with Gasteiger partial charge in [0.15, 0.2) is 23.2 Å². The summed E-state index contributed by atoms with van der Waals surface area (Å²) >= 11 is 0. The van der Waals surface area contributed by atoms with Crippen molar-refractivity contribution >= 4 is 22.9 Å². The van der Waals surface area contributed by atoms with Gasteiger partial charge in [-0.2, -0.15) is 0 Å². The number of aliphatic hydroxyl groups excluding tert-OH is 2. The standard InChI is InChI=1S/C12H15N9O3/c13-9-6-10(16-4-15-9)21(12(17-6)18-19-14)11-8(23)7(22)5(24-11)3-20-1-2-20/h4-5,7-8,11,22-23H,1-3H2,(H2,13,15,16)/t5-,7+,8?,11-/m1/s1. The minimum absolute atomic E-state index is 0.0664. The normalized spacial score (nSPS) is 29.8. The fourth-order valence-electron chi connectivity index (χ4n) is 2.86. The topological polar surface area (TPSA) is 171 Å². The molecule has 2 saturated heterocycles. The molecular weight excluding hydrogens is 318 g/mol. The first-order chi connectivity index (χ1) is 11.6. The van der Waals surface area contributed by atoms with Gasteiger partial charge in [0.2, 0.25) is 5.95 Å². The molecular formula is C12H15N9O3. The van der Waals surface area contributed by atoms with E-state index in [2.05, 4.69) is 29.9 Å². The number of aliphatic hydroxyl groups is 2. The molecule has 0 aromatic carbocycles. The van der Waals surface area contributed by atoms with Gasteiger partial charge in [-0.25, -0.2) is 15.0 Å². The van der Waals surface area contributed by atoms with Crippen LogP contribution >= 0.6 is 0 Å². The molecule has 126 valence electrons. The number of hydrogen-bond acceptors (Lipinski definition) is 9. The van der Waals surface area contributed by atoms with Gasteiger partial charge in [-0.1, -0.05) is 0 Å². The van der Waals surface area contributed by atoms with E-state index in [0.29, 0.717) is 6.54 Å². The molecule has 1 unspecified atom stereocenters. The van der Waals surface area contributed by atoms with Gasteiger partial charge >= 0.3 is 0 Å². The number of azide groups is 1. The third kappa shape index (κ3) is 2.33. The van der Waals surface area contributed by atoms with E-state index in [4.69, 9.17) is 16.0 Å². The van der Waals surface area contributed by atoms with Crippen LogP contribution in [0.1, 0.15) is 6.23 Å². The quantitative estimate of drug-likeness (QED) is 0.285. The van der Waals surface area contributed by atoms with Crippen LogP contribution in [0.25, 0.3) is 21.6 Å². The molecule has 4 rings (SSSR count). The van der Waals surface area contributed by atoms with Crippen LogP contribution in [0.3, 0.4) is 0 Å². The van der Waals surface area contributed by atoms with Crippen LogP contribution in [0, 0.1) is 0 Å². The summed E-state index contributed by atoms with van der Waals surface area (Å²) in [7, 11) is 0. The molecule has 0 saturated carbocycles. The van der Waals surface area contributed by atoms with Gasteiger partial charge in [0.25, 0.3) is 0 Å². The van der Waals surface area contributed by atoms with Gasteiger partial charge in [0, 0.05) is 24.5 Å². The highest BCUT2D eigenvalue weighted by atomic mass is 16.6. The highest BCUT2D eigenvalue weighted by Crippen LogP contribution is 2.36. The van der Waals surface area contributed by atoms with E-state index >= 15 is 0 Å². The summed E-state index contributed by atoms with van der Waals surface area (Å²) in [6.07, 6.45) is -2.63. The maximum atomic E-state index is 10.4. The highest BCUT2D eigenvalue weighted by molar-refractivity contribution is 5.83. The molecule has 0 aliphatic carbocycles. The Morgan fingerprint density at radius 2 is 2.17 bits per heavy atom. The summed E-state index contributed by atoms with van der Waals surface area (Å²) in [4.78, 5) is 16.8. The second-order valence-electron chi connectivity index (χ2n) is 5.75. The molecule has 2 aliphatic heterocycles.